The summed E-state index contributed by atoms with van der Waals surface area (Å²) in [6.07, 6.45) is 0. The molecule has 142 valence electrons. The number of phenols is 1. The first kappa shape index (κ1) is 19.4. The molecule has 0 aliphatic heterocycles. The lowest BCUT2D eigenvalue weighted by Gasteiger charge is -2.10. The predicted octanol–water partition coefficient (Wildman–Crippen LogP) is 4.13. The SMILES string of the molecule is O=C(NC(=S)Nc1ccc(O)c(C(=O)O)c1)c1ccc(-c2ccc(Cl)cc2)o1. The molecular weight excluding hydrogens is 404 g/mol. The molecule has 0 bridgehead atoms. The van der Waals surface area contributed by atoms with Gasteiger partial charge in [-0.1, -0.05) is 11.6 Å². The Morgan fingerprint density at radius 3 is 2.43 bits per heavy atom. The summed E-state index contributed by atoms with van der Waals surface area (Å²) in [5.74, 6) is -1.70. The highest BCUT2D eigenvalue weighted by molar-refractivity contribution is 7.80. The number of aromatic carboxylic acids is 1. The van der Waals surface area contributed by atoms with Gasteiger partial charge in [0, 0.05) is 16.3 Å². The number of furan rings is 1. The number of thiocarbonyl (C=S) groups is 1. The largest absolute Gasteiger partial charge is 0.507 e. The molecule has 3 rings (SSSR count). The molecule has 0 fully saturated rings. The standard InChI is InChI=1S/C19H13ClN2O5S/c20-11-3-1-10(2-4-11)15-7-8-16(27-15)17(24)22-19(28)21-12-5-6-14(23)13(9-12)18(25)26/h1-9,23H,(H,25,26)(H2,21,22,24,28). The highest BCUT2D eigenvalue weighted by Crippen LogP contribution is 2.24. The maximum absolute atomic E-state index is 12.3. The molecule has 4 N–H and O–H groups in total. The molecule has 1 heterocycles. The molecule has 0 aliphatic rings. The summed E-state index contributed by atoms with van der Waals surface area (Å²) in [6, 6.07) is 13.9. The van der Waals surface area contributed by atoms with Crippen molar-refractivity contribution in [2.75, 3.05) is 5.32 Å². The first-order valence-corrected chi connectivity index (χ1v) is 8.66. The number of benzene rings is 2. The topological polar surface area (TPSA) is 112 Å². The van der Waals surface area contributed by atoms with Crippen LogP contribution in [-0.2, 0) is 0 Å². The number of aromatic hydroxyl groups is 1. The number of carbonyl (C=O) groups excluding carboxylic acids is 1. The molecule has 1 amide bonds. The van der Waals surface area contributed by atoms with E-state index in [0.717, 1.165) is 5.56 Å². The summed E-state index contributed by atoms with van der Waals surface area (Å²) in [5.41, 5.74) is 0.758. The third-order valence-corrected chi connectivity index (χ3v) is 4.13. The van der Waals surface area contributed by atoms with Gasteiger partial charge in [0.25, 0.3) is 5.91 Å². The Hall–Kier alpha value is -3.36. The van der Waals surface area contributed by atoms with Gasteiger partial charge in [-0.3, -0.25) is 10.1 Å². The lowest BCUT2D eigenvalue weighted by atomic mass is 10.2. The van der Waals surface area contributed by atoms with Crippen LogP contribution < -0.4 is 10.6 Å². The Balaban J connectivity index is 1.66. The molecule has 7 nitrogen and oxygen atoms in total. The van der Waals surface area contributed by atoms with E-state index in [1.54, 1.807) is 30.3 Å². The highest BCUT2D eigenvalue weighted by Gasteiger charge is 2.15. The van der Waals surface area contributed by atoms with Crippen LogP contribution in [0.25, 0.3) is 11.3 Å². The number of nitrogens with one attached hydrogen (secondary N) is 2. The first-order chi connectivity index (χ1) is 13.3. The molecule has 0 radical (unpaired) electrons. The van der Waals surface area contributed by atoms with Crippen LogP contribution >= 0.6 is 23.8 Å². The molecule has 0 unspecified atom stereocenters. The van der Waals surface area contributed by atoms with E-state index in [-0.39, 0.29) is 22.2 Å². The molecule has 0 saturated heterocycles. The van der Waals surface area contributed by atoms with Gasteiger partial charge in [-0.2, -0.15) is 0 Å². The second-order valence-electron chi connectivity index (χ2n) is 5.62. The van der Waals surface area contributed by atoms with E-state index >= 15 is 0 Å². The molecule has 0 spiro atoms. The quantitative estimate of drug-likeness (QED) is 0.373. The van der Waals surface area contributed by atoms with Crippen molar-refractivity contribution < 1.29 is 24.2 Å². The zero-order valence-electron chi connectivity index (χ0n) is 14.1. The van der Waals surface area contributed by atoms with E-state index in [4.69, 9.17) is 33.3 Å². The average molecular weight is 417 g/mol. The van der Waals surface area contributed by atoms with Gasteiger partial charge < -0.3 is 19.9 Å². The van der Waals surface area contributed by atoms with Crippen LogP contribution in [0.1, 0.15) is 20.9 Å². The number of rotatable bonds is 4. The number of halogens is 1. The van der Waals surface area contributed by atoms with E-state index in [2.05, 4.69) is 10.6 Å². The fourth-order valence-electron chi connectivity index (χ4n) is 2.34. The number of hydrogen-bond donors (Lipinski definition) is 4. The number of carboxylic acid groups (broad SMARTS) is 1. The molecular formula is C19H13ClN2O5S. The first-order valence-electron chi connectivity index (χ1n) is 7.88. The van der Waals surface area contributed by atoms with Gasteiger partial charge in [-0.15, -0.1) is 0 Å². The Bertz CT molecular complexity index is 1060. The van der Waals surface area contributed by atoms with Crippen LogP contribution in [-0.4, -0.2) is 27.2 Å². The number of carbonyl (C=O) groups is 2. The summed E-state index contributed by atoms with van der Waals surface area (Å²) in [6.45, 7) is 0. The van der Waals surface area contributed by atoms with Gasteiger partial charge in [0.2, 0.25) is 0 Å². The van der Waals surface area contributed by atoms with Crippen LogP contribution in [0.2, 0.25) is 5.02 Å². The van der Waals surface area contributed by atoms with Gasteiger partial charge in [0.15, 0.2) is 10.9 Å². The summed E-state index contributed by atoms with van der Waals surface area (Å²) >= 11 is 10.9. The van der Waals surface area contributed by atoms with E-state index in [1.807, 2.05) is 0 Å². The Morgan fingerprint density at radius 1 is 1.04 bits per heavy atom. The molecule has 0 aliphatic carbocycles. The van der Waals surface area contributed by atoms with Crippen LogP contribution in [0.5, 0.6) is 5.75 Å². The normalized spacial score (nSPS) is 10.3. The van der Waals surface area contributed by atoms with Crippen molar-refractivity contribution in [3.05, 3.63) is 70.9 Å². The summed E-state index contributed by atoms with van der Waals surface area (Å²) in [5, 5.41) is 24.2. The monoisotopic (exact) mass is 416 g/mol. The second kappa shape index (κ2) is 8.12. The van der Waals surface area contributed by atoms with Crippen LogP contribution in [0.15, 0.2) is 59.0 Å². The molecule has 9 heteroatoms. The number of amides is 1. The van der Waals surface area contributed by atoms with Crippen molar-refractivity contribution >= 4 is 46.5 Å². The lowest BCUT2D eigenvalue weighted by molar-refractivity contribution is 0.0693. The predicted molar refractivity (Wildman–Crippen MR) is 108 cm³/mol. The van der Waals surface area contributed by atoms with Crippen molar-refractivity contribution in [1.29, 1.82) is 0 Å². The van der Waals surface area contributed by atoms with E-state index < -0.39 is 11.9 Å². The molecule has 2 aromatic carbocycles. The molecule has 0 saturated carbocycles. The third kappa shape index (κ3) is 4.48. The Kier molecular flexibility index (Phi) is 5.62. The van der Waals surface area contributed by atoms with E-state index in [1.165, 1.54) is 24.3 Å². The lowest BCUT2D eigenvalue weighted by Crippen LogP contribution is -2.33. The van der Waals surface area contributed by atoms with Gasteiger partial charge >= 0.3 is 5.97 Å². The van der Waals surface area contributed by atoms with E-state index in [0.29, 0.717) is 16.5 Å². The summed E-state index contributed by atoms with van der Waals surface area (Å²) < 4.78 is 5.54. The van der Waals surface area contributed by atoms with Crippen molar-refractivity contribution in [2.45, 2.75) is 0 Å². The summed E-state index contributed by atoms with van der Waals surface area (Å²) in [4.78, 5) is 23.3. The van der Waals surface area contributed by atoms with Crippen molar-refractivity contribution in [2.24, 2.45) is 0 Å². The van der Waals surface area contributed by atoms with Crippen LogP contribution in [0.4, 0.5) is 5.69 Å². The molecule has 1 aromatic heterocycles. The Morgan fingerprint density at radius 2 is 1.75 bits per heavy atom. The minimum atomic E-state index is -1.29. The highest BCUT2D eigenvalue weighted by atomic mass is 35.5. The summed E-state index contributed by atoms with van der Waals surface area (Å²) in [7, 11) is 0. The molecule has 3 aromatic rings. The zero-order valence-corrected chi connectivity index (χ0v) is 15.7. The number of anilines is 1. The van der Waals surface area contributed by atoms with Gasteiger partial charge in [0.1, 0.15) is 17.1 Å². The zero-order chi connectivity index (χ0) is 20.3. The average Bonchev–Trinajstić information content (AvgIpc) is 3.14. The fourth-order valence-corrected chi connectivity index (χ4v) is 2.68. The van der Waals surface area contributed by atoms with Crippen LogP contribution in [0, 0.1) is 0 Å². The van der Waals surface area contributed by atoms with Gasteiger partial charge in [-0.05, 0) is 66.8 Å². The Labute approximate surface area is 169 Å². The third-order valence-electron chi connectivity index (χ3n) is 3.67. The maximum atomic E-state index is 12.3. The van der Waals surface area contributed by atoms with E-state index in [9.17, 15) is 14.7 Å². The minimum absolute atomic E-state index is 0.0473. The van der Waals surface area contributed by atoms with Crippen molar-refractivity contribution in [1.82, 2.24) is 5.32 Å². The number of carboxylic acids is 1. The second-order valence-corrected chi connectivity index (χ2v) is 6.46. The van der Waals surface area contributed by atoms with Crippen molar-refractivity contribution in [3.8, 4) is 17.1 Å². The van der Waals surface area contributed by atoms with Crippen molar-refractivity contribution in [3.63, 3.8) is 0 Å². The molecule has 0 atom stereocenters. The smallest absolute Gasteiger partial charge is 0.339 e. The van der Waals surface area contributed by atoms with Gasteiger partial charge in [0.05, 0.1) is 0 Å². The molecule has 28 heavy (non-hydrogen) atoms. The number of hydrogen-bond acceptors (Lipinski definition) is 5. The maximum Gasteiger partial charge on any atom is 0.339 e. The van der Waals surface area contributed by atoms with Crippen LogP contribution in [0.3, 0.4) is 0 Å². The minimum Gasteiger partial charge on any atom is -0.507 e. The fraction of sp³-hybridized carbons (Fsp3) is 0. The van der Waals surface area contributed by atoms with Gasteiger partial charge in [-0.25, -0.2) is 4.79 Å².